The number of hydrogen-bond donors (Lipinski definition) is 0. The molecule has 1 amide bonds. The monoisotopic (exact) mass is 487 g/mol. The second-order valence-electron chi connectivity index (χ2n) is 8.99. The summed E-state index contributed by atoms with van der Waals surface area (Å²) in [5.74, 6) is 1.48. The van der Waals surface area contributed by atoms with Crippen molar-refractivity contribution in [1.82, 2.24) is 24.9 Å². The van der Waals surface area contributed by atoms with Crippen molar-refractivity contribution in [2.45, 2.75) is 33.1 Å². The Kier molecular flexibility index (Phi) is 6.63. The minimum atomic E-state index is 0.0737. The lowest BCUT2D eigenvalue weighted by molar-refractivity contribution is 0.0694. The fourth-order valence-corrected chi connectivity index (χ4v) is 5.69. The summed E-state index contributed by atoms with van der Waals surface area (Å²) < 4.78 is 7.02. The summed E-state index contributed by atoms with van der Waals surface area (Å²) in [5, 5.41) is 9.44. The molecule has 1 fully saturated rings. The van der Waals surface area contributed by atoms with Gasteiger partial charge in [-0.25, -0.2) is 9.67 Å². The molecule has 0 unspecified atom stereocenters. The third-order valence-corrected chi connectivity index (χ3v) is 7.83. The Bertz CT molecular complexity index is 1310. The molecule has 0 saturated carbocycles. The van der Waals surface area contributed by atoms with Gasteiger partial charge in [0.1, 0.15) is 21.3 Å². The summed E-state index contributed by atoms with van der Waals surface area (Å²) in [7, 11) is 1.64. The number of carbonyl (C=O) groups is 1. The van der Waals surface area contributed by atoms with Crippen LogP contribution in [0.15, 0.2) is 54.6 Å². The van der Waals surface area contributed by atoms with Crippen molar-refractivity contribution in [3.05, 3.63) is 76.4 Å². The number of carbonyl (C=O) groups excluding carboxylic acids is 1. The molecule has 3 heterocycles. The van der Waals surface area contributed by atoms with Crippen LogP contribution in [-0.2, 0) is 6.42 Å². The number of hydrogen-bond acceptors (Lipinski definition) is 6. The number of rotatable bonds is 6. The normalized spacial score (nSPS) is 14.3. The quantitative estimate of drug-likeness (QED) is 0.378. The first-order chi connectivity index (χ1) is 17.0. The second kappa shape index (κ2) is 10.00. The van der Waals surface area contributed by atoms with E-state index in [1.54, 1.807) is 11.8 Å². The van der Waals surface area contributed by atoms with Gasteiger partial charge in [0.15, 0.2) is 0 Å². The number of nitrogens with zero attached hydrogens (tertiary/aromatic N) is 5. The van der Waals surface area contributed by atoms with Crippen LogP contribution in [0.25, 0.3) is 16.4 Å². The Hall–Kier alpha value is -3.52. The predicted molar refractivity (Wildman–Crippen MR) is 137 cm³/mol. The van der Waals surface area contributed by atoms with Gasteiger partial charge in [0.2, 0.25) is 0 Å². The molecule has 7 nitrogen and oxygen atoms in total. The molecule has 2 aromatic heterocycles. The molecule has 1 saturated heterocycles. The minimum absolute atomic E-state index is 0.0737. The molecule has 0 atom stereocenters. The molecule has 1 aliphatic heterocycles. The zero-order valence-electron chi connectivity index (χ0n) is 20.3. The smallest absolute Gasteiger partial charge is 0.265 e. The van der Waals surface area contributed by atoms with Crippen molar-refractivity contribution in [2.75, 3.05) is 20.2 Å². The summed E-state index contributed by atoms with van der Waals surface area (Å²) in [6.07, 6.45) is 3.14. The number of likely N-dealkylation sites (tertiary alicyclic amines) is 1. The third kappa shape index (κ3) is 4.84. The summed E-state index contributed by atoms with van der Waals surface area (Å²) in [6.45, 7) is 5.44. The van der Waals surface area contributed by atoms with Crippen molar-refractivity contribution in [3.8, 4) is 22.1 Å². The highest BCUT2D eigenvalue weighted by atomic mass is 32.1. The molecule has 180 valence electrons. The van der Waals surface area contributed by atoms with E-state index >= 15 is 0 Å². The first kappa shape index (κ1) is 23.2. The van der Waals surface area contributed by atoms with Crippen molar-refractivity contribution in [2.24, 2.45) is 5.92 Å². The molecule has 35 heavy (non-hydrogen) atoms. The summed E-state index contributed by atoms with van der Waals surface area (Å²) in [6, 6.07) is 18.3. The van der Waals surface area contributed by atoms with E-state index in [4.69, 9.17) is 9.72 Å². The van der Waals surface area contributed by atoms with Crippen LogP contribution in [0.2, 0.25) is 0 Å². The van der Waals surface area contributed by atoms with Crippen LogP contribution in [0.3, 0.4) is 0 Å². The molecule has 1 aliphatic rings. The maximum Gasteiger partial charge on any atom is 0.265 e. The van der Waals surface area contributed by atoms with E-state index < -0.39 is 0 Å². The van der Waals surface area contributed by atoms with Crippen LogP contribution < -0.4 is 4.74 Å². The lowest BCUT2D eigenvalue weighted by Gasteiger charge is -2.32. The first-order valence-corrected chi connectivity index (χ1v) is 12.7. The molecule has 2 aromatic carbocycles. The molecule has 5 rings (SSSR count). The van der Waals surface area contributed by atoms with E-state index in [1.807, 2.05) is 43.0 Å². The standard InChI is InChI=1S/C27H29N5O2S/c1-18-25(27(33)31-15-13-21(14-16-31)17-20-7-5-4-6-8-20)35-26(28-18)24-19(2)32(30-29-24)22-9-11-23(34-3)12-10-22/h4-12,21H,13-17H2,1-3H3. The maximum atomic E-state index is 13.3. The Balaban J connectivity index is 1.28. The van der Waals surface area contributed by atoms with Crippen LogP contribution in [0, 0.1) is 19.8 Å². The summed E-state index contributed by atoms with van der Waals surface area (Å²) in [4.78, 5) is 20.7. The van der Waals surface area contributed by atoms with Crippen LogP contribution in [0.1, 0.15) is 39.5 Å². The molecule has 0 aliphatic carbocycles. The maximum absolute atomic E-state index is 13.3. The van der Waals surface area contributed by atoms with Gasteiger partial charge in [-0.3, -0.25) is 4.79 Å². The number of piperidine rings is 1. The van der Waals surface area contributed by atoms with Gasteiger partial charge in [-0.2, -0.15) is 0 Å². The number of aryl methyl sites for hydroxylation is 1. The van der Waals surface area contributed by atoms with Gasteiger partial charge in [-0.05, 0) is 68.9 Å². The Morgan fingerprint density at radius 2 is 1.77 bits per heavy atom. The van der Waals surface area contributed by atoms with E-state index in [0.717, 1.165) is 60.2 Å². The number of amides is 1. The minimum Gasteiger partial charge on any atom is -0.497 e. The van der Waals surface area contributed by atoms with Crippen LogP contribution in [0.4, 0.5) is 0 Å². The molecule has 0 radical (unpaired) electrons. The topological polar surface area (TPSA) is 73.1 Å². The van der Waals surface area contributed by atoms with Gasteiger partial charge in [0, 0.05) is 13.1 Å². The van der Waals surface area contributed by atoms with E-state index in [2.05, 4.69) is 40.6 Å². The second-order valence-corrected chi connectivity index (χ2v) is 9.99. The fourth-order valence-electron chi connectivity index (χ4n) is 4.62. The Morgan fingerprint density at radius 1 is 1.06 bits per heavy atom. The van der Waals surface area contributed by atoms with Gasteiger partial charge in [0.05, 0.1) is 24.2 Å². The highest BCUT2D eigenvalue weighted by molar-refractivity contribution is 7.17. The number of benzene rings is 2. The van der Waals surface area contributed by atoms with E-state index in [9.17, 15) is 4.79 Å². The number of methoxy groups -OCH3 is 1. The highest BCUT2D eigenvalue weighted by Gasteiger charge is 2.27. The highest BCUT2D eigenvalue weighted by Crippen LogP contribution is 2.31. The number of aromatic nitrogens is 4. The zero-order valence-corrected chi connectivity index (χ0v) is 21.1. The molecule has 0 bridgehead atoms. The van der Waals surface area contributed by atoms with Crippen molar-refractivity contribution < 1.29 is 9.53 Å². The molecular weight excluding hydrogens is 458 g/mol. The first-order valence-electron chi connectivity index (χ1n) is 11.9. The van der Waals surface area contributed by atoms with Crippen molar-refractivity contribution in [1.29, 1.82) is 0 Å². The summed E-state index contributed by atoms with van der Waals surface area (Å²) in [5.41, 5.74) is 4.60. The molecular formula is C27H29N5O2S. The number of ether oxygens (including phenoxy) is 1. The lowest BCUT2D eigenvalue weighted by atomic mass is 9.90. The molecule has 8 heteroatoms. The van der Waals surface area contributed by atoms with Crippen molar-refractivity contribution >= 4 is 17.2 Å². The van der Waals surface area contributed by atoms with Gasteiger partial charge in [-0.1, -0.05) is 35.5 Å². The van der Waals surface area contributed by atoms with Crippen LogP contribution in [-0.4, -0.2) is 51.0 Å². The summed E-state index contributed by atoms with van der Waals surface area (Å²) >= 11 is 1.41. The largest absolute Gasteiger partial charge is 0.497 e. The SMILES string of the molecule is COc1ccc(-n2nnc(-c3nc(C)c(C(=O)N4CCC(Cc5ccccc5)CC4)s3)c2C)cc1. The molecule has 0 spiro atoms. The van der Waals surface area contributed by atoms with E-state index in [0.29, 0.717) is 16.5 Å². The van der Waals surface area contributed by atoms with Gasteiger partial charge < -0.3 is 9.64 Å². The van der Waals surface area contributed by atoms with Crippen molar-refractivity contribution in [3.63, 3.8) is 0 Å². The predicted octanol–water partition coefficient (Wildman–Crippen LogP) is 5.11. The fraction of sp³-hybridized carbons (Fsp3) is 0.333. The lowest BCUT2D eigenvalue weighted by Crippen LogP contribution is -2.38. The third-order valence-electron chi connectivity index (χ3n) is 6.67. The van der Waals surface area contributed by atoms with E-state index in [-0.39, 0.29) is 5.91 Å². The van der Waals surface area contributed by atoms with Gasteiger partial charge in [0.25, 0.3) is 5.91 Å². The Morgan fingerprint density at radius 3 is 2.46 bits per heavy atom. The average Bonchev–Trinajstić information content (AvgIpc) is 3.47. The zero-order chi connectivity index (χ0) is 24.4. The number of thiazole rings is 1. The van der Waals surface area contributed by atoms with Gasteiger partial charge >= 0.3 is 0 Å². The Labute approximate surface area is 209 Å². The molecule has 0 N–H and O–H groups in total. The van der Waals surface area contributed by atoms with Crippen LogP contribution in [0.5, 0.6) is 5.75 Å². The average molecular weight is 488 g/mol. The molecule has 4 aromatic rings. The van der Waals surface area contributed by atoms with Crippen LogP contribution >= 0.6 is 11.3 Å². The van der Waals surface area contributed by atoms with E-state index in [1.165, 1.54) is 16.9 Å². The van der Waals surface area contributed by atoms with Gasteiger partial charge in [-0.15, -0.1) is 16.4 Å².